The van der Waals surface area contributed by atoms with E-state index < -0.39 is 16.8 Å². The lowest BCUT2D eigenvalue weighted by Crippen LogP contribution is -2.35. The van der Waals surface area contributed by atoms with Gasteiger partial charge in [0.2, 0.25) is 5.42 Å². The fraction of sp³-hybridized carbons (Fsp3) is 0.409. The molecule has 8 heteroatoms. The Morgan fingerprint density at radius 2 is 1.90 bits per heavy atom. The van der Waals surface area contributed by atoms with E-state index in [1.165, 1.54) is 7.11 Å². The molecule has 0 amide bonds. The molecule has 4 rings (SSSR count). The number of nitrogens with zero attached hydrogens (tertiary/aromatic N) is 1. The molecule has 1 aromatic rings. The molecule has 0 aromatic heterocycles. The van der Waals surface area contributed by atoms with Crippen molar-refractivity contribution in [2.24, 2.45) is 0 Å². The van der Waals surface area contributed by atoms with Gasteiger partial charge in [0.25, 0.3) is 10.9 Å². The monoisotopic (exact) mass is 411 g/mol. The van der Waals surface area contributed by atoms with Crippen LogP contribution in [-0.2, 0) is 4.74 Å². The van der Waals surface area contributed by atoms with Crippen molar-refractivity contribution in [1.82, 2.24) is 4.98 Å². The quantitative estimate of drug-likeness (QED) is 0.502. The molecular formula is C22H25N3O5. The van der Waals surface area contributed by atoms with E-state index in [0.717, 1.165) is 37.8 Å². The molecule has 0 saturated heterocycles. The highest BCUT2D eigenvalue weighted by molar-refractivity contribution is 5.95. The second-order valence-electron chi connectivity index (χ2n) is 7.89. The van der Waals surface area contributed by atoms with Crippen LogP contribution in [0.25, 0.3) is 11.1 Å². The van der Waals surface area contributed by atoms with Gasteiger partial charge in [-0.25, -0.2) is 4.79 Å². The molecule has 1 heterocycles. The average Bonchev–Trinajstić information content (AvgIpc) is 2.76. The summed E-state index contributed by atoms with van der Waals surface area (Å²) in [6.45, 7) is 0. The van der Waals surface area contributed by atoms with Crippen LogP contribution in [0.3, 0.4) is 0 Å². The van der Waals surface area contributed by atoms with Crippen LogP contribution in [0.1, 0.15) is 42.5 Å². The second-order valence-corrected chi connectivity index (χ2v) is 7.89. The Morgan fingerprint density at radius 1 is 1.17 bits per heavy atom. The summed E-state index contributed by atoms with van der Waals surface area (Å²) >= 11 is 0. The van der Waals surface area contributed by atoms with E-state index in [1.54, 1.807) is 12.1 Å². The number of methoxy groups -OCH3 is 1. The number of nitrogens with one attached hydrogen (secondary N) is 2. The maximum Gasteiger partial charge on any atom is 0.342 e. The standard InChI is InChI=1S/C22H25N3O5/c1-25(2)13-9-10-14-15(11-13)30-21-18(24-14)16(22(28)29-3)17(19(26)20(21)27)23-12-7-5-4-6-8-12/h9-12,23-24H,4-8H2,1-3H3. The third kappa shape index (κ3) is 3.42. The normalized spacial score (nSPS) is 14.8. The summed E-state index contributed by atoms with van der Waals surface area (Å²) < 4.78 is 10.8. The molecule has 1 aliphatic heterocycles. The number of rotatable bonds is 4. The third-order valence-electron chi connectivity index (χ3n) is 5.66. The molecule has 30 heavy (non-hydrogen) atoms. The van der Waals surface area contributed by atoms with Gasteiger partial charge in [0.1, 0.15) is 16.6 Å². The Hall–Kier alpha value is -3.29. The average molecular weight is 411 g/mol. The minimum absolute atomic E-state index is 0.00464. The van der Waals surface area contributed by atoms with E-state index in [4.69, 9.17) is 9.15 Å². The summed E-state index contributed by atoms with van der Waals surface area (Å²) in [4.78, 5) is 43.5. The Morgan fingerprint density at radius 3 is 2.57 bits per heavy atom. The van der Waals surface area contributed by atoms with E-state index in [-0.39, 0.29) is 28.1 Å². The molecule has 1 fully saturated rings. The number of anilines is 2. The number of esters is 1. The summed E-state index contributed by atoms with van der Waals surface area (Å²) in [5.41, 5.74) is 0.120. The van der Waals surface area contributed by atoms with Crippen molar-refractivity contribution in [1.29, 1.82) is 0 Å². The highest BCUT2D eigenvalue weighted by Crippen LogP contribution is 2.24. The molecule has 2 N–H and O–H groups in total. The Kier molecular flexibility index (Phi) is 5.24. The second kappa shape index (κ2) is 7.85. The topological polar surface area (TPSA) is 105 Å². The summed E-state index contributed by atoms with van der Waals surface area (Å²) in [6, 6.07) is 5.49. The van der Waals surface area contributed by atoms with E-state index in [1.807, 2.05) is 25.1 Å². The van der Waals surface area contributed by atoms with Gasteiger partial charge in [-0.15, -0.1) is 0 Å². The van der Waals surface area contributed by atoms with Gasteiger partial charge in [0.15, 0.2) is 5.58 Å². The van der Waals surface area contributed by atoms with Gasteiger partial charge in [-0.2, -0.15) is 0 Å². The van der Waals surface area contributed by atoms with Crippen LogP contribution in [0.4, 0.5) is 11.4 Å². The predicted octanol–water partition coefficient (Wildman–Crippen LogP) is 2.80. The molecule has 0 radical (unpaired) electrons. The minimum atomic E-state index is -0.788. The minimum Gasteiger partial charge on any atom is -0.465 e. The van der Waals surface area contributed by atoms with Gasteiger partial charge >= 0.3 is 5.97 Å². The van der Waals surface area contributed by atoms with Crippen molar-refractivity contribution in [3.63, 3.8) is 0 Å². The number of benzene rings is 1. The first-order valence-corrected chi connectivity index (χ1v) is 10.1. The number of H-pyrrole nitrogens is 1. The van der Waals surface area contributed by atoms with E-state index in [0.29, 0.717) is 11.1 Å². The van der Waals surface area contributed by atoms with Gasteiger partial charge in [0, 0.05) is 31.9 Å². The SMILES string of the molecule is COC(=O)c1c(NC2CCCCC2)c(=O)c(=O)c2oc3cc(N(C)C)ccc3[nH]c1=2. The largest absolute Gasteiger partial charge is 0.465 e. The lowest BCUT2D eigenvalue weighted by Gasteiger charge is -2.24. The zero-order chi connectivity index (χ0) is 21.4. The molecule has 3 aliphatic rings. The van der Waals surface area contributed by atoms with Crippen molar-refractivity contribution in [2.75, 3.05) is 31.4 Å². The van der Waals surface area contributed by atoms with Crippen LogP contribution >= 0.6 is 0 Å². The van der Waals surface area contributed by atoms with Crippen LogP contribution in [-0.4, -0.2) is 38.2 Å². The van der Waals surface area contributed by atoms with Gasteiger partial charge in [-0.05, 0) is 25.0 Å². The van der Waals surface area contributed by atoms with Gasteiger partial charge < -0.3 is 24.4 Å². The zero-order valence-corrected chi connectivity index (χ0v) is 17.3. The van der Waals surface area contributed by atoms with Crippen molar-refractivity contribution < 1.29 is 13.9 Å². The molecule has 8 nitrogen and oxygen atoms in total. The van der Waals surface area contributed by atoms with E-state index in [9.17, 15) is 14.4 Å². The summed E-state index contributed by atoms with van der Waals surface area (Å²) in [5, 5.41) is 3.32. The van der Waals surface area contributed by atoms with Crippen molar-refractivity contribution in [2.45, 2.75) is 38.1 Å². The van der Waals surface area contributed by atoms with Gasteiger partial charge in [-0.1, -0.05) is 19.3 Å². The Balaban J connectivity index is 2.02. The zero-order valence-electron chi connectivity index (χ0n) is 17.3. The first kappa shape index (κ1) is 20.0. The maximum atomic E-state index is 12.9. The number of carbonyl (C=O) groups is 1. The highest BCUT2D eigenvalue weighted by Gasteiger charge is 2.25. The summed E-state index contributed by atoms with van der Waals surface area (Å²) in [7, 11) is 5.02. The van der Waals surface area contributed by atoms with Gasteiger partial charge in [-0.3, -0.25) is 9.59 Å². The fourth-order valence-electron chi connectivity index (χ4n) is 4.02. The Labute approximate surface area is 172 Å². The number of ether oxygens (including phenoxy) is 1. The molecule has 0 spiro atoms. The first-order valence-electron chi connectivity index (χ1n) is 10.1. The van der Waals surface area contributed by atoms with Crippen molar-refractivity contribution in [3.05, 3.63) is 55.0 Å². The molecule has 0 atom stereocenters. The smallest absolute Gasteiger partial charge is 0.342 e. The predicted molar refractivity (Wildman–Crippen MR) is 115 cm³/mol. The first-order chi connectivity index (χ1) is 14.4. The molecule has 0 unspecified atom stereocenters. The van der Waals surface area contributed by atoms with Crippen LogP contribution in [0.2, 0.25) is 0 Å². The van der Waals surface area contributed by atoms with Crippen LogP contribution in [0.5, 0.6) is 0 Å². The number of aromatic nitrogens is 1. The summed E-state index contributed by atoms with van der Waals surface area (Å²) in [5.74, 6) is -0.703. The Bertz CT molecular complexity index is 1280. The van der Waals surface area contributed by atoms with Gasteiger partial charge in [0.05, 0.1) is 12.6 Å². The van der Waals surface area contributed by atoms with Crippen molar-refractivity contribution >= 4 is 28.4 Å². The molecule has 2 aliphatic carbocycles. The molecular weight excluding hydrogens is 386 g/mol. The van der Waals surface area contributed by atoms with E-state index >= 15 is 0 Å². The molecule has 1 saturated carbocycles. The van der Waals surface area contributed by atoms with Crippen LogP contribution in [0.15, 0.2) is 32.2 Å². The molecule has 1 aromatic carbocycles. The lowest BCUT2D eigenvalue weighted by molar-refractivity contribution is 0.0599. The van der Waals surface area contributed by atoms with E-state index in [2.05, 4.69) is 10.3 Å². The molecule has 0 bridgehead atoms. The van der Waals surface area contributed by atoms with Crippen LogP contribution < -0.4 is 21.1 Å². The number of aromatic amines is 1. The number of carbonyl (C=O) groups excluding carboxylic acids is 1. The lowest BCUT2D eigenvalue weighted by atomic mass is 9.95. The fourth-order valence-corrected chi connectivity index (χ4v) is 4.02. The van der Waals surface area contributed by atoms with Crippen molar-refractivity contribution in [3.8, 4) is 0 Å². The number of hydrogen-bond donors (Lipinski definition) is 2. The van der Waals surface area contributed by atoms with Crippen LogP contribution in [0, 0.1) is 10.8 Å². The maximum absolute atomic E-state index is 12.9. The third-order valence-corrected chi connectivity index (χ3v) is 5.66. The number of hydrogen-bond acceptors (Lipinski definition) is 7. The molecule has 158 valence electrons. The number of fused-ring (bicyclic) bond motifs is 1. The summed E-state index contributed by atoms with van der Waals surface area (Å²) in [6.07, 6.45) is 4.98. The highest BCUT2D eigenvalue weighted by atomic mass is 16.5.